The molecule has 1 aromatic heterocycles. The van der Waals surface area contributed by atoms with Gasteiger partial charge in [0.25, 0.3) is 0 Å². The number of anilines is 1. The van der Waals surface area contributed by atoms with Gasteiger partial charge in [-0.25, -0.2) is 4.68 Å². The van der Waals surface area contributed by atoms with Gasteiger partial charge in [0.05, 0.1) is 12.6 Å². The highest BCUT2D eigenvalue weighted by Gasteiger charge is 2.29. The predicted octanol–water partition coefficient (Wildman–Crippen LogP) is 4.00. The molecule has 3 aromatic rings. The molecule has 30 heavy (non-hydrogen) atoms. The molecule has 0 spiro atoms. The number of piperazine rings is 1. The fourth-order valence-corrected chi connectivity index (χ4v) is 4.42. The zero-order valence-electron chi connectivity index (χ0n) is 18.3. The van der Waals surface area contributed by atoms with Crippen molar-refractivity contribution in [3.05, 3.63) is 71.0 Å². The van der Waals surface area contributed by atoms with Gasteiger partial charge in [-0.2, -0.15) is 0 Å². The van der Waals surface area contributed by atoms with Crippen molar-refractivity contribution in [1.29, 1.82) is 0 Å². The number of hydrogen-bond acceptors (Lipinski definition) is 5. The molecule has 0 saturated carbocycles. The van der Waals surface area contributed by atoms with Crippen LogP contribution in [0.5, 0.6) is 0 Å². The predicted molar refractivity (Wildman–Crippen MR) is 121 cm³/mol. The van der Waals surface area contributed by atoms with E-state index in [2.05, 4.69) is 88.6 Å². The van der Waals surface area contributed by atoms with Crippen molar-refractivity contribution < 1.29 is 0 Å². The molecule has 4 rings (SSSR count). The Morgan fingerprint density at radius 3 is 2.43 bits per heavy atom. The molecule has 6 heteroatoms. The van der Waals surface area contributed by atoms with Crippen molar-refractivity contribution in [2.45, 2.75) is 46.2 Å². The third kappa shape index (κ3) is 4.38. The summed E-state index contributed by atoms with van der Waals surface area (Å²) in [6, 6.07) is 17.3. The van der Waals surface area contributed by atoms with E-state index >= 15 is 0 Å². The smallest absolute Gasteiger partial charge is 0.168 e. The summed E-state index contributed by atoms with van der Waals surface area (Å²) in [4.78, 5) is 5.09. The summed E-state index contributed by atoms with van der Waals surface area (Å²) in [6.45, 7) is 11.5. The molecule has 2 aromatic carbocycles. The first kappa shape index (κ1) is 20.5. The summed E-state index contributed by atoms with van der Waals surface area (Å²) in [5.41, 5.74) is 5.35. The lowest BCUT2D eigenvalue weighted by Crippen LogP contribution is -2.48. The van der Waals surface area contributed by atoms with Crippen molar-refractivity contribution in [2.75, 3.05) is 31.1 Å². The van der Waals surface area contributed by atoms with E-state index in [-0.39, 0.29) is 6.04 Å². The molecule has 0 radical (unpaired) electrons. The molecule has 2 heterocycles. The lowest BCUT2D eigenvalue weighted by molar-refractivity contribution is 0.164. The quantitative estimate of drug-likeness (QED) is 0.596. The summed E-state index contributed by atoms with van der Waals surface area (Å²) in [5.74, 6) is 0.987. The maximum Gasteiger partial charge on any atom is 0.168 e. The van der Waals surface area contributed by atoms with E-state index in [1.54, 1.807) is 0 Å². The number of benzene rings is 2. The molecular weight excluding hydrogens is 372 g/mol. The van der Waals surface area contributed by atoms with Gasteiger partial charge >= 0.3 is 0 Å². The van der Waals surface area contributed by atoms with Crippen LogP contribution >= 0.6 is 0 Å². The van der Waals surface area contributed by atoms with E-state index in [4.69, 9.17) is 0 Å². The van der Waals surface area contributed by atoms with Crippen LogP contribution in [0.25, 0.3) is 0 Å². The molecule has 1 atom stereocenters. The highest BCUT2D eigenvalue weighted by atomic mass is 15.6. The van der Waals surface area contributed by atoms with Crippen molar-refractivity contribution in [3.8, 4) is 0 Å². The minimum absolute atomic E-state index is 0.259. The van der Waals surface area contributed by atoms with Crippen molar-refractivity contribution in [1.82, 2.24) is 25.1 Å². The van der Waals surface area contributed by atoms with Crippen LogP contribution in [-0.4, -0.2) is 51.3 Å². The Bertz CT molecular complexity index is 943. The lowest BCUT2D eigenvalue weighted by atomic mass is 10.1. The molecule has 0 aliphatic carbocycles. The number of rotatable bonds is 7. The normalized spacial score (nSPS) is 16.0. The first-order valence-corrected chi connectivity index (χ1v) is 11.0. The van der Waals surface area contributed by atoms with Gasteiger partial charge in [0.15, 0.2) is 5.82 Å². The van der Waals surface area contributed by atoms with Gasteiger partial charge in [-0.05, 0) is 53.5 Å². The highest BCUT2D eigenvalue weighted by Crippen LogP contribution is 2.28. The SMILES string of the molecule is CCC[C@H](c1nnnn1Cc1ccccc1)N1CCN(c2cccc(C)c2C)CC1. The zero-order valence-corrected chi connectivity index (χ0v) is 18.3. The maximum absolute atomic E-state index is 4.46. The van der Waals surface area contributed by atoms with Gasteiger partial charge in [0.1, 0.15) is 0 Å². The number of hydrogen-bond donors (Lipinski definition) is 0. The van der Waals surface area contributed by atoms with Crippen LogP contribution in [0.1, 0.15) is 48.3 Å². The standard InChI is InChI=1S/C24H32N6/c1-4-9-23(24-25-26-27-30(24)18-21-11-6-5-7-12-21)29-16-14-28(15-17-29)22-13-8-10-19(2)20(22)3/h5-8,10-13,23H,4,9,14-18H2,1-3H3/t23-/m1/s1. The molecule has 1 fully saturated rings. The van der Waals surface area contributed by atoms with Crippen LogP contribution in [0, 0.1) is 13.8 Å². The first-order valence-electron chi connectivity index (χ1n) is 11.0. The average Bonchev–Trinajstić information content (AvgIpc) is 3.22. The molecule has 1 aliphatic heterocycles. The molecule has 1 saturated heterocycles. The maximum atomic E-state index is 4.46. The van der Waals surface area contributed by atoms with Crippen LogP contribution in [0.4, 0.5) is 5.69 Å². The summed E-state index contributed by atoms with van der Waals surface area (Å²) >= 11 is 0. The fraction of sp³-hybridized carbons (Fsp3) is 0.458. The number of aromatic nitrogens is 4. The minimum atomic E-state index is 0.259. The summed E-state index contributed by atoms with van der Waals surface area (Å²) in [5, 5.41) is 12.8. The molecule has 0 amide bonds. The summed E-state index contributed by atoms with van der Waals surface area (Å²) in [6.07, 6.45) is 2.18. The third-order valence-electron chi connectivity index (χ3n) is 6.27. The molecule has 1 aliphatic rings. The van der Waals surface area contributed by atoms with Crippen LogP contribution in [0.15, 0.2) is 48.5 Å². The third-order valence-corrected chi connectivity index (χ3v) is 6.27. The Labute approximate surface area is 179 Å². The number of tetrazole rings is 1. The molecule has 0 unspecified atom stereocenters. The van der Waals surface area contributed by atoms with Gasteiger partial charge in [-0.1, -0.05) is 55.8 Å². The van der Waals surface area contributed by atoms with Gasteiger partial charge in [-0.3, -0.25) is 4.90 Å². The monoisotopic (exact) mass is 404 g/mol. The lowest BCUT2D eigenvalue weighted by Gasteiger charge is -2.40. The largest absolute Gasteiger partial charge is 0.369 e. The van der Waals surface area contributed by atoms with E-state index in [1.165, 1.54) is 22.4 Å². The Kier molecular flexibility index (Phi) is 6.43. The fourth-order valence-electron chi connectivity index (χ4n) is 4.42. The second kappa shape index (κ2) is 9.39. The highest BCUT2D eigenvalue weighted by molar-refractivity contribution is 5.56. The minimum Gasteiger partial charge on any atom is -0.369 e. The second-order valence-corrected chi connectivity index (χ2v) is 8.23. The van der Waals surface area contributed by atoms with Crippen molar-refractivity contribution in [3.63, 3.8) is 0 Å². The second-order valence-electron chi connectivity index (χ2n) is 8.23. The summed E-state index contributed by atoms with van der Waals surface area (Å²) < 4.78 is 1.98. The molecule has 0 N–H and O–H groups in total. The Morgan fingerprint density at radius 1 is 0.933 bits per heavy atom. The van der Waals surface area contributed by atoms with E-state index in [9.17, 15) is 0 Å². The van der Waals surface area contributed by atoms with Gasteiger partial charge in [0, 0.05) is 31.9 Å². The van der Waals surface area contributed by atoms with Crippen LogP contribution in [-0.2, 0) is 6.54 Å². The van der Waals surface area contributed by atoms with Crippen LogP contribution in [0.3, 0.4) is 0 Å². The van der Waals surface area contributed by atoms with E-state index in [0.29, 0.717) is 6.54 Å². The Morgan fingerprint density at radius 2 is 1.70 bits per heavy atom. The Balaban J connectivity index is 1.49. The topological polar surface area (TPSA) is 50.1 Å². The van der Waals surface area contributed by atoms with Crippen molar-refractivity contribution >= 4 is 5.69 Å². The molecule has 158 valence electrons. The van der Waals surface area contributed by atoms with Gasteiger partial charge in [0.2, 0.25) is 0 Å². The van der Waals surface area contributed by atoms with Crippen LogP contribution in [0.2, 0.25) is 0 Å². The van der Waals surface area contributed by atoms with Crippen molar-refractivity contribution in [2.24, 2.45) is 0 Å². The van der Waals surface area contributed by atoms with E-state index in [1.807, 2.05) is 10.7 Å². The van der Waals surface area contributed by atoms with E-state index in [0.717, 1.165) is 44.8 Å². The number of aryl methyl sites for hydroxylation is 1. The molecular formula is C24H32N6. The van der Waals surface area contributed by atoms with Crippen LogP contribution < -0.4 is 4.90 Å². The Hall–Kier alpha value is -2.73. The number of nitrogens with zero attached hydrogens (tertiary/aromatic N) is 6. The molecule has 0 bridgehead atoms. The van der Waals surface area contributed by atoms with E-state index < -0.39 is 0 Å². The average molecular weight is 405 g/mol. The molecule has 6 nitrogen and oxygen atoms in total. The first-order chi connectivity index (χ1) is 14.7. The summed E-state index contributed by atoms with van der Waals surface area (Å²) in [7, 11) is 0. The van der Waals surface area contributed by atoms with Gasteiger partial charge < -0.3 is 4.90 Å². The zero-order chi connectivity index (χ0) is 20.9. The van der Waals surface area contributed by atoms with Gasteiger partial charge in [-0.15, -0.1) is 5.10 Å².